The van der Waals surface area contributed by atoms with Crippen molar-refractivity contribution in [3.05, 3.63) is 52.4 Å². The molecule has 1 aliphatic heterocycles. The Labute approximate surface area is 171 Å². The first-order valence-corrected chi connectivity index (χ1v) is 9.79. The smallest absolute Gasteiger partial charge is 0.229 e. The first-order valence-electron chi connectivity index (χ1n) is 9.03. The highest BCUT2D eigenvalue weighted by molar-refractivity contribution is 6.36. The number of aromatic nitrogens is 5. The van der Waals surface area contributed by atoms with E-state index < -0.39 is 0 Å². The van der Waals surface area contributed by atoms with Crippen LogP contribution in [0, 0.1) is 6.92 Å². The highest BCUT2D eigenvalue weighted by Gasteiger charge is 2.24. The van der Waals surface area contributed by atoms with Gasteiger partial charge in [0.25, 0.3) is 0 Å². The van der Waals surface area contributed by atoms with Crippen molar-refractivity contribution in [1.82, 2.24) is 24.6 Å². The maximum Gasteiger partial charge on any atom is 0.229 e. The van der Waals surface area contributed by atoms with Gasteiger partial charge in [0.15, 0.2) is 5.65 Å². The van der Waals surface area contributed by atoms with E-state index in [0.717, 1.165) is 60.3 Å². The molecule has 9 heteroatoms. The molecule has 28 heavy (non-hydrogen) atoms. The summed E-state index contributed by atoms with van der Waals surface area (Å²) in [6, 6.07) is 9.75. The van der Waals surface area contributed by atoms with E-state index in [4.69, 9.17) is 28.2 Å². The normalized spacial score (nSPS) is 15.0. The Morgan fingerprint density at radius 2 is 1.71 bits per heavy atom. The Hall–Kier alpha value is -2.64. The Bertz CT molecular complexity index is 1180. The zero-order valence-electron chi connectivity index (χ0n) is 15.2. The number of halogens is 2. The van der Waals surface area contributed by atoms with Crippen LogP contribution >= 0.6 is 23.2 Å². The van der Waals surface area contributed by atoms with Gasteiger partial charge in [0.1, 0.15) is 11.6 Å². The summed E-state index contributed by atoms with van der Waals surface area (Å²) >= 11 is 12.3. The quantitative estimate of drug-likeness (QED) is 0.500. The highest BCUT2D eigenvalue weighted by Crippen LogP contribution is 2.28. The summed E-state index contributed by atoms with van der Waals surface area (Å²) in [5, 5.41) is 6.69. The van der Waals surface area contributed by atoms with E-state index in [2.05, 4.69) is 24.9 Å². The van der Waals surface area contributed by atoms with Gasteiger partial charge in [-0.15, -0.1) is 5.10 Å². The third-order valence-electron chi connectivity index (χ3n) is 4.92. The van der Waals surface area contributed by atoms with Crippen LogP contribution in [0.15, 0.2) is 36.5 Å². The molecule has 0 atom stereocenters. The molecule has 4 heterocycles. The number of fused-ring (bicyclic) bond motifs is 3. The third-order valence-corrected chi connectivity index (χ3v) is 5.40. The molecule has 1 aromatic carbocycles. The first kappa shape index (κ1) is 17.5. The molecule has 4 aromatic rings. The van der Waals surface area contributed by atoms with E-state index in [1.54, 1.807) is 12.3 Å². The maximum absolute atomic E-state index is 6.33. The number of aryl methyl sites for hydroxylation is 1. The van der Waals surface area contributed by atoms with Crippen LogP contribution in [0.5, 0.6) is 0 Å². The van der Waals surface area contributed by atoms with Gasteiger partial charge in [-0.05, 0) is 25.1 Å². The van der Waals surface area contributed by atoms with E-state index in [1.807, 2.05) is 35.7 Å². The van der Waals surface area contributed by atoms with E-state index >= 15 is 0 Å². The summed E-state index contributed by atoms with van der Waals surface area (Å²) < 4.78 is 1.85. The monoisotopic (exact) mass is 413 g/mol. The average Bonchev–Trinajstić information content (AvgIpc) is 3.09. The SMILES string of the molecule is Cc1nc2c3ccccc3nc(N3CCN(c4ncc(Cl)cc4Cl)CC3)n2n1. The molecular formula is C19H17Cl2N7. The lowest BCUT2D eigenvalue weighted by Crippen LogP contribution is -2.47. The lowest BCUT2D eigenvalue weighted by molar-refractivity contribution is 0.627. The molecule has 1 fully saturated rings. The molecule has 0 spiro atoms. The third kappa shape index (κ3) is 2.91. The van der Waals surface area contributed by atoms with Gasteiger partial charge in [-0.3, -0.25) is 0 Å². The van der Waals surface area contributed by atoms with E-state index in [-0.39, 0.29) is 0 Å². The number of pyridine rings is 1. The molecule has 3 aromatic heterocycles. The number of piperazine rings is 1. The van der Waals surface area contributed by atoms with Crippen molar-refractivity contribution >= 4 is 51.5 Å². The molecule has 7 nitrogen and oxygen atoms in total. The predicted octanol–water partition coefficient (Wildman–Crippen LogP) is 3.61. The second-order valence-electron chi connectivity index (χ2n) is 6.76. The molecule has 0 saturated carbocycles. The Morgan fingerprint density at radius 1 is 0.964 bits per heavy atom. The topological polar surface area (TPSA) is 62.5 Å². The van der Waals surface area contributed by atoms with E-state index in [1.165, 1.54) is 0 Å². The number of nitrogens with zero attached hydrogens (tertiary/aromatic N) is 7. The highest BCUT2D eigenvalue weighted by atomic mass is 35.5. The fraction of sp³-hybridized carbons (Fsp3) is 0.263. The molecule has 0 unspecified atom stereocenters. The van der Waals surface area contributed by atoms with Crippen molar-refractivity contribution in [3.8, 4) is 0 Å². The fourth-order valence-corrected chi connectivity index (χ4v) is 4.11. The van der Waals surface area contributed by atoms with Gasteiger partial charge in [-0.2, -0.15) is 4.52 Å². The van der Waals surface area contributed by atoms with Gasteiger partial charge in [0.05, 0.1) is 15.6 Å². The second-order valence-corrected chi connectivity index (χ2v) is 7.60. The van der Waals surface area contributed by atoms with Crippen molar-refractivity contribution in [2.75, 3.05) is 36.0 Å². The fourth-order valence-electron chi connectivity index (χ4n) is 3.61. The molecule has 1 aliphatic rings. The van der Waals surface area contributed by atoms with Crippen LogP contribution in [0.1, 0.15) is 5.82 Å². The summed E-state index contributed by atoms with van der Waals surface area (Å²) in [6.07, 6.45) is 1.63. The number of para-hydroxylation sites is 1. The molecular weight excluding hydrogens is 397 g/mol. The van der Waals surface area contributed by atoms with E-state index in [9.17, 15) is 0 Å². The lowest BCUT2D eigenvalue weighted by atomic mass is 10.2. The number of rotatable bonds is 2. The molecule has 0 radical (unpaired) electrons. The first-order chi connectivity index (χ1) is 13.6. The Morgan fingerprint density at radius 3 is 2.50 bits per heavy atom. The van der Waals surface area contributed by atoms with Crippen LogP contribution in [-0.2, 0) is 0 Å². The van der Waals surface area contributed by atoms with Gasteiger partial charge in [0, 0.05) is 37.8 Å². The summed E-state index contributed by atoms with van der Waals surface area (Å²) in [5.74, 6) is 2.30. The standard InChI is InChI=1S/C19H17Cl2N7/c1-12-23-17-14-4-2-3-5-16(14)24-19(28(17)25-12)27-8-6-26(7-9-27)18-15(21)10-13(20)11-22-18/h2-5,10-11H,6-9H2,1H3. The van der Waals surface area contributed by atoms with Gasteiger partial charge >= 0.3 is 0 Å². The van der Waals surface area contributed by atoms with Crippen LogP contribution < -0.4 is 9.80 Å². The zero-order chi connectivity index (χ0) is 19.3. The minimum absolute atomic E-state index is 0.539. The van der Waals surface area contributed by atoms with Gasteiger partial charge in [-0.1, -0.05) is 35.3 Å². The van der Waals surface area contributed by atoms with Crippen molar-refractivity contribution in [1.29, 1.82) is 0 Å². The number of hydrogen-bond acceptors (Lipinski definition) is 6. The summed E-state index contributed by atoms with van der Waals surface area (Å²) in [6.45, 7) is 5.01. The Kier molecular flexibility index (Phi) is 4.21. The lowest BCUT2D eigenvalue weighted by Gasteiger charge is -2.36. The molecule has 5 rings (SSSR count). The molecule has 1 saturated heterocycles. The average molecular weight is 414 g/mol. The van der Waals surface area contributed by atoms with Gasteiger partial charge in [-0.25, -0.2) is 15.0 Å². The van der Waals surface area contributed by atoms with Crippen molar-refractivity contribution in [2.24, 2.45) is 0 Å². The molecule has 0 N–H and O–H groups in total. The van der Waals surface area contributed by atoms with Crippen molar-refractivity contribution in [3.63, 3.8) is 0 Å². The minimum atomic E-state index is 0.539. The second kappa shape index (κ2) is 6.76. The van der Waals surface area contributed by atoms with Crippen LogP contribution in [0.25, 0.3) is 16.6 Å². The van der Waals surface area contributed by atoms with Crippen LogP contribution in [0.3, 0.4) is 0 Å². The largest absolute Gasteiger partial charge is 0.352 e. The van der Waals surface area contributed by atoms with Crippen LogP contribution in [0.4, 0.5) is 11.8 Å². The summed E-state index contributed by atoms with van der Waals surface area (Å²) in [5.41, 5.74) is 1.75. The van der Waals surface area contributed by atoms with Crippen LogP contribution in [-0.4, -0.2) is 50.7 Å². The number of anilines is 2. The van der Waals surface area contributed by atoms with Crippen LogP contribution in [0.2, 0.25) is 10.0 Å². The Balaban J connectivity index is 1.48. The van der Waals surface area contributed by atoms with Crippen molar-refractivity contribution < 1.29 is 0 Å². The molecule has 0 aliphatic carbocycles. The number of benzene rings is 1. The molecule has 0 amide bonds. The molecule has 0 bridgehead atoms. The summed E-state index contributed by atoms with van der Waals surface area (Å²) in [4.78, 5) is 18.3. The van der Waals surface area contributed by atoms with Gasteiger partial charge < -0.3 is 9.80 Å². The minimum Gasteiger partial charge on any atom is -0.352 e. The molecule has 142 valence electrons. The van der Waals surface area contributed by atoms with E-state index in [0.29, 0.717) is 10.0 Å². The summed E-state index contributed by atoms with van der Waals surface area (Å²) in [7, 11) is 0. The van der Waals surface area contributed by atoms with Crippen molar-refractivity contribution in [2.45, 2.75) is 6.92 Å². The predicted molar refractivity (Wildman–Crippen MR) is 112 cm³/mol. The van der Waals surface area contributed by atoms with Gasteiger partial charge in [0.2, 0.25) is 5.95 Å². The maximum atomic E-state index is 6.33. The zero-order valence-corrected chi connectivity index (χ0v) is 16.7. The number of hydrogen-bond donors (Lipinski definition) is 0.